The number of nitrogens with one attached hydrogen (secondary N) is 1. The highest BCUT2D eigenvalue weighted by atomic mass is 16.4. The summed E-state index contributed by atoms with van der Waals surface area (Å²) in [6, 6.07) is 12.2. The molecule has 9 heteroatoms. The van der Waals surface area contributed by atoms with Gasteiger partial charge in [0.2, 0.25) is 5.84 Å². The van der Waals surface area contributed by atoms with Crippen molar-refractivity contribution in [3.8, 4) is 0 Å². The van der Waals surface area contributed by atoms with Crippen molar-refractivity contribution in [3.05, 3.63) is 83.6 Å². The van der Waals surface area contributed by atoms with Crippen LogP contribution < -0.4 is 5.32 Å². The molecule has 0 bridgehead atoms. The molecule has 9 nitrogen and oxygen atoms in total. The van der Waals surface area contributed by atoms with Crippen LogP contribution in [0.2, 0.25) is 0 Å². The third-order valence-corrected chi connectivity index (χ3v) is 6.20. The fourth-order valence-corrected chi connectivity index (χ4v) is 4.50. The van der Waals surface area contributed by atoms with E-state index in [-0.39, 0.29) is 11.9 Å². The van der Waals surface area contributed by atoms with Crippen molar-refractivity contribution < 1.29 is 19.2 Å². The molecule has 1 aromatic carbocycles. The van der Waals surface area contributed by atoms with E-state index >= 15 is 0 Å². The van der Waals surface area contributed by atoms with E-state index in [1.54, 1.807) is 42.9 Å². The van der Waals surface area contributed by atoms with Crippen molar-refractivity contribution in [2.45, 2.75) is 18.9 Å². The second-order valence-corrected chi connectivity index (χ2v) is 8.24. The van der Waals surface area contributed by atoms with Crippen LogP contribution in [0, 0.1) is 0 Å². The van der Waals surface area contributed by atoms with E-state index in [2.05, 4.69) is 15.3 Å². The maximum atomic E-state index is 12.6. The van der Waals surface area contributed by atoms with Gasteiger partial charge >= 0.3 is 6.09 Å². The largest absolute Gasteiger partial charge is 0.465 e. The first-order valence-electron chi connectivity index (χ1n) is 10.7. The highest BCUT2D eigenvalue weighted by Gasteiger charge is 2.46. The molecule has 0 saturated carbocycles. The number of rotatable bonds is 4. The van der Waals surface area contributed by atoms with Crippen LogP contribution in [0.15, 0.2) is 82.4 Å². The first-order chi connectivity index (χ1) is 16.0. The molecule has 2 N–H and O–H groups in total. The van der Waals surface area contributed by atoms with Gasteiger partial charge in [-0.05, 0) is 49.2 Å². The summed E-state index contributed by atoms with van der Waals surface area (Å²) in [7, 11) is 2.00. The summed E-state index contributed by atoms with van der Waals surface area (Å²) >= 11 is 0. The van der Waals surface area contributed by atoms with Crippen LogP contribution in [0.5, 0.6) is 0 Å². The van der Waals surface area contributed by atoms with E-state index in [1.165, 1.54) is 4.90 Å². The molecule has 3 aliphatic heterocycles. The molecule has 3 aliphatic rings. The monoisotopic (exact) mass is 443 g/mol. The van der Waals surface area contributed by atoms with E-state index < -0.39 is 6.09 Å². The number of anilines is 1. The third kappa shape index (κ3) is 3.62. The van der Waals surface area contributed by atoms with Crippen molar-refractivity contribution in [3.63, 3.8) is 0 Å². The number of nitrogens with zero attached hydrogens (tertiary/aromatic N) is 5. The molecule has 0 spiro atoms. The number of hydrogen-bond acceptors (Lipinski definition) is 5. The first-order valence-corrected chi connectivity index (χ1v) is 10.7. The predicted molar refractivity (Wildman–Crippen MR) is 124 cm³/mol. The molecule has 1 fully saturated rings. The Hall–Kier alpha value is -4.11. The molecular weight excluding hydrogens is 420 g/mol. The summed E-state index contributed by atoms with van der Waals surface area (Å²) < 4.78 is 0.294. The number of likely N-dealkylation sites (tertiary alicyclic amines) is 1. The number of pyridine rings is 1. The Morgan fingerprint density at radius 2 is 2.00 bits per heavy atom. The van der Waals surface area contributed by atoms with Crippen molar-refractivity contribution in [1.29, 1.82) is 0 Å². The maximum Gasteiger partial charge on any atom is 0.407 e. The average Bonchev–Trinajstić information content (AvgIpc) is 3.42. The Balaban J connectivity index is 1.45. The van der Waals surface area contributed by atoms with Gasteiger partial charge < -0.3 is 10.4 Å². The highest BCUT2D eigenvalue weighted by Crippen LogP contribution is 2.38. The molecule has 4 heterocycles. The summed E-state index contributed by atoms with van der Waals surface area (Å²) in [5.74, 6) is 0.999. The lowest BCUT2D eigenvalue weighted by Gasteiger charge is -2.28. The molecule has 2 unspecified atom stereocenters. The first kappa shape index (κ1) is 20.8. The number of carbonyl (C=O) groups is 2. The second-order valence-electron chi connectivity index (χ2n) is 8.24. The number of quaternary nitrogens is 1. The Bertz CT molecular complexity index is 1230. The van der Waals surface area contributed by atoms with E-state index in [1.807, 2.05) is 31.4 Å². The second kappa shape index (κ2) is 8.10. The van der Waals surface area contributed by atoms with Crippen LogP contribution in [-0.4, -0.2) is 63.2 Å². The number of hydrogen-bond donors (Lipinski definition) is 2. The molecule has 33 heavy (non-hydrogen) atoms. The van der Waals surface area contributed by atoms with Gasteiger partial charge in [0.05, 0.1) is 31.1 Å². The van der Waals surface area contributed by atoms with E-state index in [4.69, 9.17) is 4.99 Å². The Morgan fingerprint density at radius 1 is 1.18 bits per heavy atom. The molecule has 2 amide bonds. The van der Waals surface area contributed by atoms with Gasteiger partial charge in [-0.1, -0.05) is 6.07 Å². The number of benzene rings is 1. The molecule has 2 atom stereocenters. The summed E-state index contributed by atoms with van der Waals surface area (Å²) in [4.78, 5) is 39.1. The van der Waals surface area contributed by atoms with Gasteiger partial charge in [0.1, 0.15) is 17.7 Å². The van der Waals surface area contributed by atoms with Crippen molar-refractivity contribution >= 4 is 29.9 Å². The summed E-state index contributed by atoms with van der Waals surface area (Å²) in [6.07, 6.45) is 7.63. The van der Waals surface area contributed by atoms with Crippen LogP contribution in [-0.2, 0) is 0 Å². The normalized spacial score (nSPS) is 23.5. The van der Waals surface area contributed by atoms with Gasteiger partial charge in [-0.3, -0.25) is 14.7 Å². The molecule has 2 aromatic rings. The SMILES string of the molecule is C[N+]12C=CN=CC1=C(C1CCCN1C(=O)O)N=C2c1ccc(C(=O)Nc2ccccn2)cc1. The molecule has 1 aromatic heterocycles. The minimum atomic E-state index is -0.935. The summed E-state index contributed by atoms with van der Waals surface area (Å²) in [5.41, 5.74) is 2.95. The maximum absolute atomic E-state index is 12.6. The zero-order chi connectivity index (χ0) is 23.0. The zero-order valence-corrected chi connectivity index (χ0v) is 18.0. The number of carbonyl (C=O) groups excluding carboxylic acids is 1. The van der Waals surface area contributed by atoms with E-state index in [0.29, 0.717) is 22.4 Å². The number of aromatic nitrogens is 1. The van der Waals surface area contributed by atoms with Crippen LogP contribution in [0.4, 0.5) is 10.6 Å². The lowest BCUT2D eigenvalue weighted by atomic mass is 10.1. The minimum Gasteiger partial charge on any atom is -0.465 e. The number of aliphatic imine (C=N–C) groups is 2. The molecule has 0 aliphatic carbocycles. The third-order valence-electron chi connectivity index (χ3n) is 6.20. The molecule has 166 valence electrons. The van der Waals surface area contributed by atoms with Crippen molar-refractivity contribution in [1.82, 2.24) is 9.88 Å². The van der Waals surface area contributed by atoms with Crippen molar-refractivity contribution in [2.24, 2.45) is 9.98 Å². The molecule has 1 saturated heterocycles. The topological polar surface area (TPSA) is 107 Å². The lowest BCUT2D eigenvalue weighted by molar-refractivity contribution is -0.713. The summed E-state index contributed by atoms with van der Waals surface area (Å²) in [5, 5.41) is 12.4. The number of fused-ring (bicyclic) bond motifs is 1. The average molecular weight is 443 g/mol. The molecule has 5 rings (SSSR count). The number of carboxylic acid groups (broad SMARTS) is 1. The minimum absolute atomic E-state index is 0.249. The van der Waals surface area contributed by atoms with Crippen LogP contribution >= 0.6 is 0 Å². The Morgan fingerprint density at radius 3 is 2.73 bits per heavy atom. The quantitative estimate of drug-likeness (QED) is 0.706. The van der Waals surface area contributed by atoms with Gasteiger partial charge in [0.15, 0.2) is 5.70 Å². The van der Waals surface area contributed by atoms with Gasteiger partial charge in [-0.15, -0.1) is 0 Å². The van der Waals surface area contributed by atoms with Gasteiger partial charge in [0, 0.05) is 18.3 Å². The Labute approximate surface area is 190 Å². The van der Waals surface area contributed by atoms with Gasteiger partial charge in [-0.25, -0.2) is 14.3 Å². The van der Waals surface area contributed by atoms with Gasteiger partial charge in [-0.2, -0.15) is 4.99 Å². The summed E-state index contributed by atoms with van der Waals surface area (Å²) in [6.45, 7) is 0.498. The van der Waals surface area contributed by atoms with Crippen LogP contribution in [0.3, 0.4) is 0 Å². The molecular formula is C24H23N6O3+. The number of amidine groups is 1. The lowest BCUT2D eigenvalue weighted by Crippen LogP contribution is -2.43. The fourth-order valence-electron chi connectivity index (χ4n) is 4.50. The highest BCUT2D eigenvalue weighted by molar-refractivity contribution is 6.05. The standard InChI is InChI=1S/C24H22N6O3/c1-30-14-12-25-15-19(30)21(18-5-4-13-29(18)24(32)33)28-22(30)16-7-9-17(10-8-16)23(31)27-20-6-2-3-11-26-20/h2-3,6-12,14-15,18H,4-5,13H2,1H3,(H-,26,27,31,32,33)/p+1. The predicted octanol–water partition coefficient (Wildman–Crippen LogP) is 3.45. The number of amides is 2. The van der Waals surface area contributed by atoms with E-state index in [0.717, 1.165) is 35.6 Å². The Kier molecular flexibility index (Phi) is 5.10. The zero-order valence-electron chi connectivity index (χ0n) is 18.0. The molecule has 0 radical (unpaired) electrons. The van der Waals surface area contributed by atoms with Gasteiger partial charge in [0.25, 0.3) is 5.91 Å². The van der Waals surface area contributed by atoms with Crippen LogP contribution in [0.25, 0.3) is 0 Å². The smallest absolute Gasteiger partial charge is 0.407 e. The van der Waals surface area contributed by atoms with Crippen molar-refractivity contribution in [2.75, 3.05) is 18.9 Å². The van der Waals surface area contributed by atoms with Crippen LogP contribution in [0.1, 0.15) is 28.8 Å². The number of allylic oxidation sites excluding steroid dienone is 1. The fraction of sp³-hybridized carbons (Fsp3) is 0.208. The van der Waals surface area contributed by atoms with E-state index in [9.17, 15) is 14.7 Å².